The Morgan fingerprint density at radius 1 is 1.56 bits per heavy atom. The topological polar surface area (TPSA) is 76.2 Å². The van der Waals surface area contributed by atoms with E-state index >= 15 is 0 Å². The predicted molar refractivity (Wildman–Crippen MR) is 58.2 cm³/mol. The van der Waals surface area contributed by atoms with Gasteiger partial charge in [-0.3, -0.25) is 10.1 Å². The fraction of sp³-hybridized carbons (Fsp3) is 0.364. The number of ether oxygens (including phenoxy) is 1. The molecule has 0 bridgehead atoms. The Bertz CT molecular complexity index is 424. The quantitative estimate of drug-likeness (QED) is 0.434. The van der Waals surface area contributed by atoms with Gasteiger partial charge in [0.15, 0.2) is 5.75 Å². The van der Waals surface area contributed by atoms with E-state index in [1.165, 1.54) is 18.2 Å². The van der Waals surface area contributed by atoms with Crippen LogP contribution in [0.5, 0.6) is 5.75 Å². The minimum atomic E-state index is -0.511. The van der Waals surface area contributed by atoms with Crippen LogP contribution in [0.1, 0.15) is 25.3 Å². The van der Waals surface area contributed by atoms with Crippen molar-refractivity contribution in [1.82, 2.24) is 0 Å². The molecular formula is C11H12N2O3. The summed E-state index contributed by atoms with van der Waals surface area (Å²) in [6.45, 7) is 2.43. The van der Waals surface area contributed by atoms with Crippen LogP contribution in [-0.2, 0) is 0 Å². The molecule has 0 radical (unpaired) electrons. The molecule has 0 saturated heterocycles. The van der Waals surface area contributed by atoms with Crippen LogP contribution in [0.25, 0.3) is 0 Å². The summed E-state index contributed by atoms with van der Waals surface area (Å²) in [7, 11) is 0. The molecule has 0 fully saturated rings. The van der Waals surface area contributed by atoms with E-state index in [0.29, 0.717) is 12.2 Å². The molecule has 1 rings (SSSR count). The first-order chi connectivity index (χ1) is 7.69. The standard InChI is InChI=1S/C11H12N2O3/c1-2-3-6-16-11-7-9(8-12)4-5-10(11)13(14)15/h4-5,7H,2-3,6H2,1H3. The molecule has 1 aromatic carbocycles. The molecule has 0 unspecified atom stereocenters. The maximum absolute atomic E-state index is 10.7. The van der Waals surface area contributed by atoms with E-state index in [1.807, 2.05) is 13.0 Å². The first-order valence-electron chi connectivity index (χ1n) is 5.00. The van der Waals surface area contributed by atoms with Crippen molar-refractivity contribution in [2.75, 3.05) is 6.61 Å². The van der Waals surface area contributed by atoms with Gasteiger partial charge in [-0.1, -0.05) is 13.3 Å². The molecule has 5 heteroatoms. The second-order valence-corrected chi connectivity index (χ2v) is 3.25. The average Bonchev–Trinajstić information content (AvgIpc) is 2.29. The van der Waals surface area contributed by atoms with Crippen molar-refractivity contribution in [2.45, 2.75) is 19.8 Å². The lowest BCUT2D eigenvalue weighted by molar-refractivity contribution is -0.385. The minimum absolute atomic E-state index is 0.102. The molecule has 0 aliphatic carbocycles. The fourth-order valence-corrected chi connectivity index (χ4v) is 1.18. The van der Waals surface area contributed by atoms with Crippen molar-refractivity contribution in [3.63, 3.8) is 0 Å². The first-order valence-corrected chi connectivity index (χ1v) is 5.00. The summed E-state index contributed by atoms with van der Waals surface area (Å²) in [5.74, 6) is 0.164. The third-order valence-electron chi connectivity index (χ3n) is 2.04. The average molecular weight is 220 g/mol. The largest absolute Gasteiger partial charge is 0.487 e. The van der Waals surface area contributed by atoms with Gasteiger partial charge in [0.1, 0.15) is 0 Å². The van der Waals surface area contributed by atoms with Gasteiger partial charge in [-0.25, -0.2) is 0 Å². The third kappa shape index (κ3) is 2.95. The van der Waals surface area contributed by atoms with Crippen molar-refractivity contribution in [2.24, 2.45) is 0 Å². The van der Waals surface area contributed by atoms with E-state index in [9.17, 15) is 10.1 Å². The molecule has 1 aromatic rings. The van der Waals surface area contributed by atoms with Crippen LogP contribution >= 0.6 is 0 Å². The highest BCUT2D eigenvalue weighted by Gasteiger charge is 2.15. The van der Waals surface area contributed by atoms with E-state index in [0.717, 1.165) is 12.8 Å². The number of hydrogen-bond acceptors (Lipinski definition) is 4. The second kappa shape index (κ2) is 5.71. The SMILES string of the molecule is CCCCOc1cc(C#N)ccc1[N+](=O)[O-]. The van der Waals surface area contributed by atoms with Crippen LogP contribution in [0.15, 0.2) is 18.2 Å². The van der Waals surface area contributed by atoms with Gasteiger partial charge < -0.3 is 4.74 Å². The summed E-state index contributed by atoms with van der Waals surface area (Å²) in [5.41, 5.74) is 0.257. The molecule has 0 saturated carbocycles. The lowest BCUT2D eigenvalue weighted by atomic mass is 10.2. The summed E-state index contributed by atoms with van der Waals surface area (Å²) in [4.78, 5) is 10.2. The molecule has 0 atom stereocenters. The molecule has 0 N–H and O–H groups in total. The number of nitro groups is 1. The van der Waals surface area contributed by atoms with E-state index < -0.39 is 4.92 Å². The molecule has 84 valence electrons. The molecular weight excluding hydrogens is 208 g/mol. The highest BCUT2D eigenvalue weighted by molar-refractivity contribution is 5.51. The van der Waals surface area contributed by atoms with Crippen LogP contribution in [0, 0.1) is 21.4 Å². The number of nitro benzene ring substituents is 1. The molecule has 5 nitrogen and oxygen atoms in total. The minimum Gasteiger partial charge on any atom is -0.487 e. The van der Waals surface area contributed by atoms with Crippen molar-refractivity contribution in [3.8, 4) is 11.8 Å². The van der Waals surface area contributed by atoms with E-state index in [1.54, 1.807) is 0 Å². The van der Waals surface area contributed by atoms with Crippen LogP contribution in [-0.4, -0.2) is 11.5 Å². The highest BCUT2D eigenvalue weighted by Crippen LogP contribution is 2.27. The van der Waals surface area contributed by atoms with Gasteiger partial charge in [-0.2, -0.15) is 5.26 Å². The predicted octanol–water partition coefficient (Wildman–Crippen LogP) is 2.65. The summed E-state index contributed by atoms with van der Waals surface area (Å²) < 4.78 is 5.29. The Morgan fingerprint density at radius 2 is 2.31 bits per heavy atom. The maximum atomic E-state index is 10.7. The van der Waals surface area contributed by atoms with E-state index in [-0.39, 0.29) is 11.4 Å². The number of rotatable bonds is 5. The van der Waals surface area contributed by atoms with Crippen LogP contribution in [0.4, 0.5) is 5.69 Å². The van der Waals surface area contributed by atoms with Crippen LogP contribution < -0.4 is 4.74 Å². The Morgan fingerprint density at radius 3 is 2.88 bits per heavy atom. The van der Waals surface area contributed by atoms with Gasteiger partial charge >= 0.3 is 5.69 Å². The summed E-state index contributed by atoms with van der Waals surface area (Å²) >= 11 is 0. The van der Waals surface area contributed by atoms with Crippen molar-refractivity contribution >= 4 is 5.69 Å². The fourth-order valence-electron chi connectivity index (χ4n) is 1.18. The molecule has 0 spiro atoms. The molecule has 0 heterocycles. The monoisotopic (exact) mass is 220 g/mol. The van der Waals surface area contributed by atoms with Gasteiger partial charge in [0.2, 0.25) is 0 Å². The second-order valence-electron chi connectivity index (χ2n) is 3.25. The number of unbranched alkanes of at least 4 members (excludes halogenated alkanes) is 1. The molecule has 16 heavy (non-hydrogen) atoms. The Balaban J connectivity index is 2.92. The lowest BCUT2D eigenvalue weighted by Crippen LogP contribution is -2.00. The van der Waals surface area contributed by atoms with Gasteiger partial charge in [0, 0.05) is 12.1 Å². The summed E-state index contributed by atoms with van der Waals surface area (Å²) in [5, 5.41) is 19.4. The number of benzene rings is 1. The molecule has 0 amide bonds. The van der Waals surface area contributed by atoms with E-state index in [4.69, 9.17) is 10.00 Å². The van der Waals surface area contributed by atoms with Crippen LogP contribution in [0.2, 0.25) is 0 Å². The van der Waals surface area contributed by atoms with Crippen molar-refractivity contribution < 1.29 is 9.66 Å². The highest BCUT2D eigenvalue weighted by atomic mass is 16.6. The third-order valence-corrected chi connectivity index (χ3v) is 2.04. The zero-order chi connectivity index (χ0) is 12.0. The molecule has 0 aliphatic heterocycles. The normalized spacial score (nSPS) is 9.50. The summed E-state index contributed by atoms with van der Waals surface area (Å²) in [6, 6.07) is 6.02. The Kier molecular flexibility index (Phi) is 4.28. The van der Waals surface area contributed by atoms with Crippen molar-refractivity contribution in [3.05, 3.63) is 33.9 Å². The number of hydrogen-bond donors (Lipinski definition) is 0. The zero-order valence-electron chi connectivity index (χ0n) is 8.97. The van der Waals surface area contributed by atoms with Gasteiger partial charge in [-0.15, -0.1) is 0 Å². The van der Waals surface area contributed by atoms with E-state index in [2.05, 4.69) is 0 Å². The number of nitriles is 1. The summed E-state index contributed by atoms with van der Waals surface area (Å²) in [6.07, 6.45) is 1.78. The Hall–Kier alpha value is -2.09. The zero-order valence-corrected chi connectivity index (χ0v) is 8.97. The molecule has 0 aliphatic rings. The maximum Gasteiger partial charge on any atom is 0.311 e. The van der Waals surface area contributed by atoms with Crippen molar-refractivity contribution in [1.29, 1.82) is 5.26 Å². The Labute approximate surface area is 93.4 Å². The van der Waals surface area contributed by atoms with Gasteiger partial charge in [-0.05, 0) is 12.5 Å². The number of nitrogens with zero attached hydrogens (tertiary/aromatic N) is 2. The van der Waals surface area contributed by atoms with Gasteiger partial charge in [0.05, 0.1) is 23.2 Å². The first kappa shape index (κ1) is 12.0. The van der Waals surface area contributed by atoms with Gasteiger partial charge in [0.25, 0.3) is 0 Å². The smallest absolute Gasteiger partial charge is 0.311 e. The molecule has 0 aromatic heterocycles. The lowest BCUT2D eigenvalue weighted by Gasteiger charge is -2.05. The van der Waals surface area contributed by atoms with Crippen LogP contribution in [0.3, 0.4) is 0 Å².